The number of aliphatic hydroxyl groups excluding tert-OH is 1. The van der Waals surface area contributed by atoms with Crippen LogP contribution < -0.4 is 0 Å². The highest BCUT2D eigenvalue weighted by Crippen LogP contribution is 2.43. The molecule has 3 fully saturated rings. The minimum absolute atomic E-state index is 0.201. The summed E-state index contributed by atoms with van der Waals surface area (Å²) in [4.78, 5) is 0. The maximum atomic E-state index is 9.78. The molecule has 0 aromatic heterocycles. The zero-order valence-corrected chi connectivity index (χ0v) is 30.2. The standard InChI is InChI=1S/C15H30O2Si.C14H28O2Si.C4H8O/c1-8-14(16-5)13-10-9-12(13)11-17-18(6,7)15(2,3)4;1-7-13(15)12-9-8-11(12)10-16-17(5,6)14(2,3)4;1-2-4-5-3-1/h8,12-14H,1,9-11H2,2-7H3;7,11-13,15H,1,8-10H2,2-6H3;1-4H2/t12-,13+,14-;11-,12+,13-;/m00./s1. The molecule has 7 heteroatoms. The number of hydrogen-bond donors (Lipinski definition) is 1. The lowest BCUT2D eigenvalue weighted by molar-refractivity contribution is -0.00919. The van der Waals surface area contributed by atoms with E-state index < -0.39 is 16.6 Å². The molecular weight excluding hydrogens is 533 g/mol. The highest BCUT2D eigenvalue weighted by atomic mass is 28.4. The first-order valence-corrected chi connectivity index (χ1v) is 21.5. The third-order valence-electron chi connectivity index (χ3n) is 10.3. The monoisotopic (exact) mass is 598 g/mol. The molecule has 2 saturated carbocycles. The van der Waals surface area contributed by atoms with Gasteiger partial charge in [-0.2, -0.15) is 0 Å². The van der Waals surface area contributed by atoms with Crippen LogP contribution in [0.5, 0.6) is 0 Å². The minimum Gasteiger partial charge on any atom is -0.417 e. The Kier molecular flexibility index (Phi) is 15.6. The largest absolute Gasteiger partial charge is 0.417 e. The van der Waals surface area contributed by atoms with Crippen molar-refractivity contribution in [3.8, 4) is 0 Å². The molecule has 3 rings (SSSR count). The van der Waals surface area contributed by atoms with Crippen molar-refractivity contribution in [2.75, 3.05) is 33.5 Å². The first-order chi connectivity index (χ1) is 18.4. The Balaban J connectivity index is 0.000000340. The Bertz CT molecular complexity index is 728. The van der Waals surface area contributed by atoms with E-state index in [1.807, 2.05) is 6.08 Å². The lowest BCUT2D eigenvalue weighted by Crippen LogP contribution is -2.45. The summed E-state index contributed by atoms with van der Waals surface area (Å²) in [6.07, 6.45) is 10.8. The van der Waals surface area contributed by atoms with Crippen molar-refractivity contribution < 1.29 is 23.4 Å². The van der Waals surface area contributed by atoms with Crippen LogP contribution in [0.3, 0.4) is 0 Å². The van der Waals surface area contributed by atoms with E-state index in [1.165, 1.54) is 32.1 Å². The first kappa shape index (κ1) is 37.7. The normalized spacial score (nSPS) is 26.6. The lowest BCUT2D eigenvalue weighted by atomic mass is 9.71. The molecule has 0 bridgehead atoms. The van der Waals surface area contributed by atoms with Gasteiger partial charge in [-0.15, -0.1) is 13.2 Å². The quantitative estimate of drug-likeness (QED) is 0.191. The molecule has 0 unspecified atom stereocenters. The van der Waals surface area contributed by atoms with Crippen molar-refractivity contribution in [2.24, 2.45) is 23.7 Å². The van der Waals surface area contributed by atoms with Gasteiger partial charge in [-0.1, -0.05) is 53.7 Å². The van der Waals surface area contributed by atoms with Gasteiger partial charge in [0.2, 0.25) is 0 Å². The summed E-state index contributed by atoms with van der Waals surface area (Å²) >= 11 is 0. The van der Waals surface area contributed by atoms with E-state index in [0.717, 1.165) is 32.8 Å². The average Bonchev–Trinajstić information content (AvgIpc) is 3.40. The summed E-state index contributed by atoms with van der Waals surface area (Å²) in [6.45, 7) is 34.1. The van der Waals surface area contributed by atoms with Gasteiger partial charge in [0.05, 0.1) is 12.2 Å². The molecule has 3 aliphatic rings. The maximum Gasteiger partial charge on any atom is 0.191 e. The summed E-state index contributed by atoms with van der Waals surface area (Å²) in [6, 6.07) is 0. The van der Waals surface area contributed by atoms with Crippen molar-refractivity contribution in [3.05, 3.63) is 25.3 Å². The zero-order valence-electron chi connectivity index (χ0n) is 28.2. The van der Waals surface area contributed by atoms with Crippen molar-refractivity contribution >= 4 is 16.6 Å². The average molecular weight is 599 g/mol. The van der Waals surface area contributed by atoms with Gasteiger partial charge in [-0.3, -0.25) is 0 Å². The molecule has 1 aliphatic heterocycles. The molecule has 5 nitrogen and oxygen atoms in total. The predicted molar refractivity (Wildman–Crippen MR) is 176 cm³/mol. The van der Waals surface area contributed by atoms with Gasteiger partial charge >= 0.3 is 0 Å². The fourth-order valence-electron chi connectivity index (χ4n) is 4.68. The Morgan fingerprint density at radius 3 is 1.45 bits per heavy atom. The SMILES string of the molecule is C1CCOC1.C=C[C@H](O)[C@@H]1CC[C@H]1CO[Si](C)(C)C(C)(C)C.C=C[C@H](OC)[C@@H]1CC[C@H]1CO[Si](C)(C)C(C)(C)C. The molecule has 0 radical (unpaired) electrons. The van der Waals surface area contributed by atoms with Gasteiger partial charge in [0, 0.05) is 33.5 Å². The number of methoxy groups -OCH3 is 1. The summed E-state index contributed by atoms with van der Waals surface area (Å²) in [5, 5.41) is 10.3. The minimum atomic E-state index is -1.63. The highest BCUT2D eigenvalue weighted by Gasteiger charge is 2.42. The molecule has 2 aliphatic carbocycles. The van der Waals surface area contributed by atoms with Gasteiger partial charge in [0.25, 0.3) is 0 Å². The van der Waals surface area contributed by atoms with Crippen molar-refractivity contribution in [3.63, 3.8) is 0 Å². The predicted octanol–water partition coefficient (Wildman–Crippen LogP) is 8.61. The topological polar surface area (TPSA) is 57.2 Å². The third kappa shape index (κ3) is 11.4. The maximum absolute atomic E-state index is 9.78. The van der Waals surface area contributed by atoms with Gasteiger partial charge < -0.3 is 23.4 Å². The number of rotatable bonds is 11. The van der Waals surface area contributed by atoms with Crippen LogP contribution in [-0.2, 0) is 18.3 Å². The molecule has 0 amide bonds. The van der Waals surface area contributed by atoms with Crippen LogP contribution in [-0.4, -0.2) is 67.5 Å². The summed E-state index contributed by atoms with van der Waals surface area (Å²) in [7, 11) is -1.46. The van der Waals surface area contributed by atoms with E-state index in [1.54, 1.807) is 13.2 Å². The van der Waals surface area contributed by atoms with Crippen LogP contribution in [0.25, 0.3) is 0 Å². The second kappa shape index (κ2) is 16.5. The van der Waals surface area contributed by atoms with Crippen LogP contribution in [0.1, 0.15) is 80.1 Å². The van der Waals surface area contributed by atoms with E-state index in [0.29, 0.717) is 28.7 Å². The second-order valence-corrected chi connectivity index (χ2v) is 24.7. The fraction of sp³-hybridized carbons (Fsp3) is 0.879. The number of hydrogen-bond acceptors (Lipinski definition) is 5. The van der Waals surface area contributed by atoms with E-state index in [4.69, 9.17) is 18.3 Å². The van der Waals surface area contributed by atoms with E-state index in [-0.39, 0.29) is 17.2 Å². The fourth-order valence-corrected chi connectivity index (χ4v) is 6.81. The molecule has 0 aromatic carbocycles. The van der Waals surface area contributed by atoms with E-state index >= 15 is 0 Å². The Labute approximate surface area is 250 Å². The summed E-state index contributed by atoms with van der Waals surface area (Å²) in [5.41, 5.74) is 0. The molecule has 0 aromatic rings. The Morgan fingerprint density at radius 2 is 1.20 bits per heavy atom. The molecule has 6 atom stereocenters. The Morgan fingerprint density at radius 1 is 0.775 bits per heavy atom. The lowest BCUT2D eigenvalue weighted by Gasteiger charge is -2.43. The molecule has 1 saturated heterocycles. The van der Waals surface area contributed by atoms with Gasteiger partial charge in [0.15, 0.2) is 16.6 Å². The smallest absolute Gasteiger partial charge is 0.191 e. The summed E-state index contributed by atoms with van der Waals surface area (Å²) < 4.78 is 22.9. The van der Waals surface area contributed by atoms with Crippen molar-refractivity contribution in [1.82, 2.24) is 0 Å². The highest BCUT2D eigenvalue weighted by molar-refractivity contribution is 6.74. The van der Waals surface area contributed by atoms with Crippen LogP contribution in [0.2, 0.25) is 36.3 Å². The zero-order chi connectivity index (χ0) is 30.8. The van der Waals surface area contributed by atoms with Gasteiger partial charge in [0.1, 0.15) is 0 Å². The van der Waals surface area contributed by atoms with Gasteiger partial charge in [-0.05, 0) is 98.5 Å². The molecule has 236 valence electrons. The van der Waals surface area contributed by atoms with Crippen LogP contribution in [0.4, 0.5) is 0 Å². The van der Waals surface area contributed by atoms with E-state index in [9.17, 15) is 5.11 Å². The van der Waals surface area contributed by atoms with E-state index in [2.05, 4.69) is 80.9 Å². The Hall–Kier alpha value is -0.286. The van der Waals surface area contributed by atoms with Crippen LogP contribution >= 0.6 is 0 Å². The second-order valence-electron chi connectivity index (χ2n) is 15.1. The van der Waals surface area contributed by atoms with Crippen LogP contribution in [0.15, 0.2) is 25.3 Å². The number of aliphatic hydroxyl groups is 1. The van der Waals surface area contributed by atoms with Crippen molar-refractivity contribution in [2.45, 2.75) is 129 Å². The van der Waals surface area contributed by atoms with Crippen LogP contribution in [0, 0.1) is 23.7 Å². The first-order valence-electron chi connectivity index (χ1n) is 15.7. The number of ether oxygens (including phenoxy) is 2. The molecular formula is C33H66O5Si2. The third-order valence-corrected chi connectivity index (χ3v) is 19.3. The van der Waals surface area contributed by atoms with Gasteiger partial charge in [-0.25, -0.2) is 0 Å². The van der Waals surface area contributed by atoms with Crippen molar-refractivity contribution in [1.29, 1.82) is 0 Å². The summed E-state index contributed by atoms with van der Waals surface area (Å²) in [5.74, 6) is 2.16. The molecule has 0 spiro atoms. The molecule has 40 heavy (non-hydrogen) atoms. The molecule has 1 N–H and O–H groups in total. The molecule has 1 heterocycles.